The molecule has 1 rings (SSSR count). The first-order valence-electron chi connectivity index (χ1n) is 4.31. The highest BCUT2D eigenvalue weighted by Gasteiger charge is 2.27. The van der Waals surface area contributed by atoms with Crippen LogP contribution in [0.1, 0.15) is 17.0 Å². The predicted octanol–water partition coefficient (Wildman–Crippen LogP) is 3.19. The van der Waals surface area contributed by atoms with Crippen molar-refractivity contribution < 1.29 is 27.1 Å². The largest absolute Gasteiger partial charge is 0.446 e. The third-order valence-corrected chi connectivity index (χ3v) is 2.01. The molecule has 7 heteroatoms. The summed E-state index contributed by atoms with van der Waals surface area (Å²) in [6.07, 6.45) is -4.51. The number of alkyl halides is 3. The Kier molecular flexibility index (Phi) is 4.55. The number of rotatable bonds is 5. The van der Waals surface area contributed by atoms with Crippen LogP contribution in [0.25, 0.3) is 0 Å². The molecular formula is C9H8BrF3O3. The molecule has 1 aromatic heterocycles. The Morgan fingerprint density at radius 3 is 2.62 bits per heavy atom. The van der Waals surface area contributed by atoms with Crippen molar-refractivity contribution in [3.8, 4) is 0 Å². The molecule has 0 saturated carbocycles. The smallest absolute Gasteiger partial charge is 0.411 e. The van der Waals surface area contributed by atoms with E-state index in [1.165, 1.54) is 12.1 Å². The molecule has 0 aliphatic carbocycles. The maximum atomic E-state index is 11.7. The summed E-state index contributed by atoms with van der Waals surface area (Å²) >= 11 is 3.01. The van der Waals surface area contributed by atoms with Crippen LogP contribution in [0, 0.1) is 0 Å². The Hall–Kier alpha value is -0.820. The molecule has 0 spiro atoms. The maximum Gasteiger partial charge on any atom is 0.411 e. The van der Waals surface area contributed by atoms with Gasteiger partial charge in [-0.05, 0) is 28.1 Å². The number of ketones is 1. The normalized spacial score (nSPS) is 11.8. The second-order valence-corrected chi connectivity index (χ2v) is 3.73. The highest BCUT2D eigenvalue weighted by Crippen LogP contribution is 2.16. The summed E-state index contributed by atoms with van der Waals surface area (Å²) in [6.45, 7) is -1.63. The Labute approximate surface area is 97.7 Å². The van der Waals surface area contributed by atoms with Crippen molar-refractivity contribution in [2.75, 3.05) is 13.2 Å². The van der Waals surface area contributed by atoms with Crippen molar-refractivity contribution in [2.24, 2.45) is 0 Å². The van der Waals surface area contributed by atoms with E-state index in [1.807, 2.05) is 0 Å². The van der Waals surface area contributed by atoms with E-state index in [1.54, 1.807) is 0 Å². The van der Waals surface area contributed by atoms with E-state index in [4.69, 9.17) is 4.42 Å². The molecule has 0 saturated heterocycles. The van der Waals surface area contributed by atoms with Crippen molar-refractivity contribution in [3.63, 3.8) is 0 Å². The van der Waals surface area contributed by atoms with Gasteiger partial charge in [0.05, 0.1) is 6.61 Å². The van der Waals surface area contributed by atoms with Crippen molar-refractivity contribution in [1.82, 2.24) is 0 Å². The molecule has 0 amide bonds. The van der Waals surface area contributed by atoms with Gasteiger partial charge in [-0.2, -0.15) is 13.2 Å². The molecule has 0 aliphatic heterocycles. The van der Waals surface area contributed by atoms with Gasteiger partial charge in [-0.3, -0.25) is 4.79 Å². The van der Waals surface area contributed by atoms with E-state index in [2.05, 4.69) is 20.7 Å². The predicted molar refractivity (Wildman–Crippen MR) is 52.2 cm³/mol. The van der Waals surface area contributed by atoms with Gasteiger partial charge in [0.1, 0.15) is 6.61 Å². The lowest BCUT2D eigenvalue weighted by Gasteiger charge is -2.06. The number of carbonyl (C=O) groups is 1. The number of hydrogen-bond donors (Lipinski definition) is 0. The van der Waals surface area contributed by atoms with Crippen LogP contribution in [-0.4, -0.2) is 25.2 Å². The Balaban J connectivity index is 2.26. The zero-order valence-corrected chi connectivity index (χ0v) is 9.60. The molecule has 0 N–H and O–H groups in total. The molecule has 90 valence electrons. The van der Waals surface area contributed by atoms with Gasteiger partial charge >= 0.3 is 6.18 Å². The van der Waals surface area contributed by atoms with E-state index in [0.29, 0.717) is 4.67 Å². The minimum absolute atomic E-state index is 0.0995. The molecule has 0 aliphatic rings. The molecule has 0 radical (unpaired) electrons. The van der Waals surface area contributed by atoms with Gasteiger partial charge in [-0.1, -0.05) is 0 Å². The second-order valence-electron chi connectivity index (χ2n) is 2.94. The van der Waals surface area contributed by atoms with Gasteiger partial charge in [0, 0.05) is 6.42 Å². The SMILES string of the molecule is O=C(CCOCC(F)(F)F)c1ccc(Br)o1. The fraction of sp³-hybridized carbons (Fsp3) is 0.444. The zero-order valence-electron chi connectivity index (χ0n) is 8.01. The van der Waals surface area contributed by atoms with Crippen LogP contribution in [0.3, 0.4) is 0 Å². The summed E-state index contributed by atoms with van der Waals surface area (Å²) in [5.74, 6) is -0.296. The second kappa shape index (κ2) is 5.49. The number of halogens is 4. The average molecular weight is 301 g/mol. The monoisotopic (exact) mass is 300 g/mol. The molecule has 3 nitrogen and oxygen atoms in total. The number of Topliss-reactive ketones (excluding diaryl/α,β-unsaturated/α-hetero) is 1. The third kappa shape index (κ3) is 4.80. The quantitative estimate of drug-likeness (QED) is 0.619. The van der Waals surface area contributed by atoms with Gasteiger partial charge in [0.2, 0.25) is 0 Å². The Bertz CT molecular complexity index is 359. The van der Waals surface area contributed by atoms with Crippen LogP contribution in [-0.2, 0) is 4.74 Å². The molecule has 1 aromatic rings. The first kappa shape index (κ1) is 13.2. The summed E-state index contributed by atoms with van der Waals surface area (Å²) in [5, 5.41) is 0. The van der Waals surface area contributed by atoms with E-state index in [0.717, 1.165) is 0 Å². The molecule has 0 bridgehead atoms. The van der Waals surface area contributed by atoms with Gasteiger partial charge in [-0.25, -0.2) is 0 Å². The van der Waals surface area contributed by atoms with Crippen LogP contribution in [0.5, 0.6) is 0 Å². The van der Waals surface area contributed by atoms with Crippen molar-refractivity contribution >= 4 is 21.7 Å². The van der Waals surface area contributed by atoms with Gasteiger partial charge in [0.15, 0.2) is 16.2 Å². The molecule has 0 unspecified atom stereocenters. The summed E-state index contributed by atoms with van der Waals surface area (Å²) in [6, 6.07) is 2.97. The van der Waals surface area contributed by atoms with Gasteiger partial charge in [-0.15, -0.1) is 0 Å². The highest BCUT2D eigenvalue weighted by atomic mass is 79.9. The van der Waals surface area contributed by atoms with E-state index < -0.39 is 18.6 Å². The number of hydrogen-bond acceptors (Lipinski definition) is 3. The van der Waals surface area contributed by atoms with Crippen molar-refractivity contribution in [2.45, 2.75) is 12.6 Å². The van der Waals surface area contributed by atoms with E-state index in [-0.39, 0.29) is 18.8 Å². The summed E-state index contributed by atoms with van der Waals surface area (Å²) in [7, 11) is 0. The average Bonchev–Trinajstić information content (AvgIpc) is 2.57. The van der Waals surface area contributed by atoms with Gasteiger partial charge < -0.3 is 9.15 Å². The minimum Gasteiger partial charge on any atom is -0.446 e. The van der Waals surface area contributed by atoms with Crippen LogP contribution in [0.2, 0.25) is 0 Å². The lowest BCUT2D eigenvalue weighted by Crippen LogP contribution is -2.18. The van der Waals surface area contributed by atoms with E-state index in [9.17, 15) is 18.0 Å². The molecule has 16 heavy (non-hydrogen) atoms. The van der Waals surface area contributed by atoms with Crippen molar-refractivity contribution in [3.05, 3.63) is 22.6 Å². The minimum atomic E-state index is -4.36. The fourth-order valence-electron chi connectivity index (χ4n) is 0.940. The summed E-state index contributed by atoms with van der Waals surface area (Å²) in [4.78, 5) is 11.3. The van der Waals surface area contributed by atoms with E-state index >= 15 is 0 Å². The Morgan fingerprint density at radius 1 is 1.44 bits per heavy atom. The van der Waals surface area contributed by atoms with Crippen LogP contribution >= 0.6 is 15.9 Å². The third-order valence-electron chi connectivity index (χ3n) is 1.59. The van der Waals surface area contributed by atoms with Crippen LogP contribution < -0.4 is 0 Å². The van der Waals surface area contributed by atoms with Crippen LogP contribution in [0.4, 0.5) is 13.2 Å². The highest BCUT2D eigenvalue weighted by molar-refractivity contribution is 9.10. The Morgan fingerprint density at radius 2 is 2.12 bits per heavy atom. The molecule has 0 fully saturated rings. The number of furan rings is 1. The standard InChI is InChI=1S/C9H8BrF3O3/c10-8-2-1-7(16-8)6(14)3-4-15-5-9(11,12)13/h1-2H,3-5H2. The molecule has 1 heterocycles. The summed E-state index contributed by atoms with van der Waals surface area (Å²) in [5.41, 5.74) is 0. The lowest BCUT2D eigenvalue weighted by molar-refractivity contribution is -0.173. The topological polar surface area (TPSA) is 39.4 Å². The molecule has 0 atom stereocenters. The first-order valence-corrected chi connectivity index (χ1v) is 5.11. The van der Waals surface area contributed by atoms with Crippen LogP contribution in [0.15, 0.2) is 21.2 Å². The number of carbonyl (C=O) groups excluding carboxylic acids is 1. The van der Waals surface area contributed by atoms with Crippen molar-refractivity contribution in [1.29, 1.82) is 0 Å². The first-order chi connectivity index (χ1) is 7.38. The maximum absolute atomic E-state index is 11.7. The lowest BCUT2D eigenvalue weighted by atomic mass is 10.2. The number of ether oxygens (including phenoxy) is 1. The molecular weight excluding hydrogens is 293 g/mol. The van der Waals surface area contributed by atoms with Gasteiger partial charge in [0.25, 0.3) is 0 Å². The molecule has 0 aromatic carbocycles. The zero-order chi connectivity index (χ0) is 12.2. The fourth-order valence-corrected chi connectivity index (χ4v) is 1.25. The summed E-state index contributed by atoms with van der Waals surface area (Å²) < 4.78 is 44.6.